The number of aromatic nitrogens is 1. The predicted octanol–water partition coefficient (Wildman–Crippen LogP) is 3.38. The number of nitrogens with zero attached hydrogens (tertiary/aromatic N) is 2. The molecule has 2 rings (SSSR count). The lowest BCUT2D eigenvalue weighted by molar-refractivity contribution is 0.0786. The Hall–Kier alpha value is -1.39. The minimum absolute atomic E-state index is 0.0491. The molecule has 94 valence electrons. The third-order valence-corrected chi connectivity index (χ3v) is 3.90. The van der Waals surface area contributed by atoms with Crippen LogP contribution in [0.3, 0.4) is 0 Å². The SMILES string of the molecule is Cc1ccsc1CN(C)C(=O)c1ccc(Cl)nc1. The molecule has 0 N–H and O–H groups in total. The third-order valence-electron chi connectivity index (χ3n) is 2.67. The van der Waals surface area contributed by atoms with Gasteiger partial charge in [-0.1, -0.05) is 11.6 Å². The lowest BCUT2D eigenvalue weighted by Crippen LogP contribution is -2.26. The van der Waals surface area contributed by atoms with Crippen molar-refractivity contribution in [3.05, 3.63) is 50.9 Å². The average Bonchev–Trinajstić information content (AvgIpc) is 2.75. The molecule has 0 spiro atoms. The molecule has 0 aromatic carbocycles. The van der Waals surface area contributed by atoms with E-state index < -0.39 is 0 Å². The van der Waals surface area contributed by atoms with E-state index in [1.165, 1.54) is 16.6 Å². The van der Waals surface area contributed by atoms with Gasteiger partial charge < -0.3 is 4.90 Å². The fraction of sp³-hybridized carbons (Fsp3) is 0.231. The van der Waals surface area contributed by atoms with Crippen LogP contribution in [0.4, 0.5) is 0 Å². The minimum Gasteiger partial charge on any atom is -0.337 e. The van der Waals surface area contributed by atoms with Gasteiger partial charge >= 0.3 is 0 Å². The molecule has 2 heterocycles. The Morgan fingerprint density at radius 2 is 2.22 bits per heavy atom. The van der Waals surface area contributed by atoms with E-state index in [2.05, 4.69) is 11.1 Å². The van der Waals surface area contributed by atoms with E-state index in [9.17, 15) is 4.79 Å². The first-order chi connectivity index (χ1) is 8.58. The van der Waals surface area contributed by atoms with E-state index in [-0.39, 0.29) is 5.91 Å². The Labute approximate surface area is 115 Å². The maximum absolute atomic E-state index is 12.1. The van der Waals surface area contributed by atoms with Gasteiger partial charge in [0.1, 0.15) is 5.15 Å². The Morgan fingerprint density at radius 3 is 2.78 bits per heavy atom. The van der Waals surface area contributed by atoms with Crippen LogP contribution < -0.4 is 0 Å². The number of rotatable bonds is 3. The van der Waals surface area contributed by atoms with E-state index in [4.69, 9.17) is 11.6 Å². The van der Waals surface area contributed by atoms with Crippen LogP contribution in [0.5, 0.6) is 0 Å². The molecule has 2 aromatic rings. The van der Waals surface area contributed by atoms with Crippen molar-refractivity contribution in [2.75, 3.05) is 7.05 Å². The molecule has 3 nitrogen and oxygen atoms in total. The topological polar surface area (TPSA) is 33.2 Å². The Morgan fingerprint density at radius 1 is 1.44 bits per heavy atom. The van der Waals surface area contributed by atoms with Gasteiger partial charge in [-0.3, -0.25) is 4.79 Å². The van der Waals surface area contributed by atoms with E-state index in [0.717, 1.165) is 0 Å². The zero-order chi connectivity index (χ0) is 13.1. The van der Waals surface area contributed by atoms with Crippen LogP contribution in [0.1, 0.15) is 20.8 Å². The molecule has 0 unspecified atom stereocenters. The van der Waals surface area contributed by atoms with Crippen LogP contribution in [-0.2, 0) is 6.54 Å². The molecule has 5 heteroatoms. The van der Waals surface area contributed by atoms with Crippen molar-refractivity contribution in [3.8, 4) is 0 Å². The summed E-state index contributed by atoms with van der Waals surface area (Å²) in [7, 11) is 1.79. The molecule has 0 aliphatic carbocycles. The second-order valence-electron chi connectivity index (χ2n) is 4.06. The number of hydrogen-bond acceptors (Lipinski definition) is 3. The van der Waals surface area contributed by atoms with Gasteiger partial charge in [0.25, 0.3) is 5.91 Å². The van der Waals surface area contributed by atoms with Crippen LogP contribution in [0, 0.1) is 6.92 Å². The molecule has 0 aliphatic rings. The second-order valence-corrected chi connectivity index (χ2v) is 5.45. The van der Waals surface area contributed by atoms with Crippen molar-refractivity contribution >= 4 is 28.8 Å². The Balaban J connectivity index is 2.09. The first-order valence-corrected chi connectivity index (χ1v) is 6.73. The number of thiophene rings is 1. The highest BCUT2D eigenvalue weighted by Gasteiger charge is 2.13. The van der Waals surface area contributed by atoms with Crippen molar-refractivity contribution in [2.24, 2.45) is 0 Å². The quantitative estimate of drug-likeness (QED) is 0.808. The first kappa shape index (κ1) is 13.1. The van der Waals surface area contributed by atoms with E-state index >= 15 is 0 Å². The molecule has 0 fully saturated rings. The van der Waals surface area contributed by atoms with Gasteiger partial charge in [-0.25, -0.2) is 4.98 Å². The Kier molecular flexibility index (Phi) is 3.99. The summed E-state index contributed by atoms with van der Waals surface area (Å²) < 4.78 is 0. The van der Waals surface area contributed by atoms with E-state index in [0.29, 0.717) is 17.3 Å². The monoisotopic (exact) mass is 280 g/mol. The summed E-state index contributed by atoms with van der Waals surface area (Å²) in [5.41, 5.74) is 1.77. The number of aryl methyl sites for hydroxylation is 1. The lowest BCUT2D eigenvalue weighted by Gasteiger charge is -2.16. The summed E-state index contributed by atoms with van der Waals surface area (Å²) in [6.45, 7) is 2.67. The summed E-state index contributed by atoms with van der Waals surface area (Å²) in [5, 5.41) is 2.43. The molecule has 2 aromatic heterocycles. The largest absolute Gasteiger partial charge is 0.337 e. The second kappa shape index (κ2) is 5.50. The normalized spacial score (nSPS) is 10.4. The molecule has 0 saturated heterocycles. The van der Waals surface area contributed by atoms with Gasteiger partial charge in [0, 0.05) is 18.1 Å². The number of carbonyl (C=O) groups is 1. The van der Waals surface area contributed by atoms with Crippen molar-refractivity contribution in [3.63, 3.8) is 0 Å². The fourth-order valence-electron chi connectivity index (χ4n) is 1.58. The van der Waals surface area contributed by atoms with Gasteiger partial charge in [-0.2, -0.15) is 0 Å². The zero-order valence-corrected chi connectivity index (χ0v) is 11.8. The average molecular weight is 281 g/mol. The summed E-state index contributed by atoms with van der Waals surface area (Å²) in [5.74, 6) is -0.0491. The molecule has 0 bridgehead atoms. The highest BCUT2D eigenvalue weighted by molar-refractivity contribution is 7.10. The molecule has 0 saturated carbocycles. The van der Waals surface area contributed by atoms with Crippen molar-refractivity contribution < 1.29 is 4.79 Å². The highest BCUT2D eigenvalue weighted by Crippen LogP contribution is 2.18. The van der Waals surface area contributed by atoms with Crippen LogP contribution in [0.25, 0.3) is 0 Å². The summed E-state index contributed by atoms with van der Waals surface area (Å²) in [6.07, 6.45) is 1.50. The van der Waals surface area contributed by atoms with Gasteiger partial charge in [0.05, 0.1) is 12.1 Å². The summed E-state index contributed by atoms with van der Waals surface area (Å²) >= 11 is 7.36. The molecular formula is C13H13ClN2OS. The molecule has 0 atom stereocenters. The first-order valence-electron chi connectivity index (χ1n) is 5.48. The minimum atomic E-state index is -0.0491. The van der Waals surface area contributed by atoms with Crippen LogP contribution in [-0.4, -0.2) is 22.8 Å². The molecule has 0 aliphatic heterocycles. The van der Waals surface area contributed by atoms with Crippen LogP contribution >= 0.6 is 22.9 Å². The smallest absolute Gasteiger partial charge is 0.255 e. The number of halogens is 1. The van der Waals surface area contributed by atoms with Crippen molar-refractivity contribution in [2.45, 2.75) is 13.5 Å². The van der Waals surface area contributed by atoms with E-state index in [1.54, 1.807) is 35.4 Å². The maximum atomic E-state index is 12.1. The highest BCUT2D eigenvalue weighted by atomic mass is 35.5. The lowest BCUT2D eigenvalue weighted by atomic mass is 10.2. The standard InChI is InChI=1S/C13H13ClN2OS/c1-9-5-6-18-11(9)8-16(2)13(17)10-3-4-12(14)15-7-10/h3-7H,8H2,1-2H3. The number of pyridine rings is 1. The fourth-order valence-corrected chi connectivity index (χ4v) is 2.65. The van der Waals surface area contributed by atoms with Crippen molar-refractivity contribution in [1.82, 2.24) is 9.88 Å². The molecule has 1 amide bonds. The van der Waals surface area contributed by atoms with Gasteiger partial charge in [-0.05, 0) is 36.1 Å². The predicted molar refractivity (Wildman–Crippen MR) is 74.1 cm³/mol. The zero-order valence-electron chi connectivity index (χ0n) is 10.2. The molecular weight excluding hydrogens is 268 g/mol. The molecule has 0 radical (unpaired) electrons. The van der Waals surface area contributed by atoms with E-state index in [1.807, 2.05) is 12.3 Å². The third kappa shape index (κ3) is 2.89. The summed E-state index contributed by atoms with van der Waals surface area (Å²) in [4.78, 5) is 18.9. The van der Waals surface area contributed by atoms with Gasteiger partial charge in [-0.15, -0.1) is 11.3 Å². The van der Waals surface area contributed by atoms with Crippen LogP contribution in [0.15, 0.2) is 29.8 Å². The Bertz CT molecular complexity index is 550. The van der Waals surface area contributed by atoms with Crippen molar-refractivity contribution in [1.29, 1.82) is 0 Å². The summed E-state index contributed by atoms with van der Waals surface area (Å²) in [6, 6.07) is 5.37. The van der Waals surface area contributed by atoms with Gasteiger partial charge in [0.2, 0.25) is 0 Å². The molecule has 18 heavy (non-hydrogen) atoms. The number of amides is 1. The van der Waals surface area contributed by atoms with Crippen LogP contribution in [0.2, 0.25) is 5.15 Å². The number of carbonyl (C=O) groups excluding carboxylic acids is 1. The van der Waals surface area contributed by atoms with Gasteiger partial charge in [0.15, 0.2) is 0 Å². The number of hydrogen-bond donors (Lipinski definition) is 0. The maximum Gasteiger partial charge on any atom is 0.255 e.